The second-order valence-corrected chi connectivity index (χ2v) is 9.48. The summed E-state index contributed by atoms with van der Waals surface area (Å²) >= 11 is 0. The standard InChI is InChI=1S/C29H39N7O/c1-5-23-19-22(12-13-25(23)37-4)14-15-31-21(3)32-28-26(27(30)36-16-7-6-8-17-36)34-29(35-28)33-24-11-9-10-20(2)18-24/h9-13,18-19,30-32H,3,5-8,14-17H2,1-2,4H3,(H2,33,34,35). The number of likely N-dealkylation sites (tertiary alicyclic amines) is 1. The lowest BCUT2D eigenvalue weighted by atomic mass is 10.1. The van der Waals surface area contributed by atoms with Crippen molar-refractivity contribution in [2.75, 3.05) is 37.4 Å². The van der Waals surface area contributed by atoms with Crippen molar-refractivity contribution in [2.24, 2.45) is 0 Å². The number of rotatable bonds is 11. The predicted octanol–water partition coefficient (Wildman–Crippen LogP) is 5.56. The van der Waals surface area contributed by atoms with Gasteiger partial charge in [0.05, 0.1) is 12.9 Å². The van der Waals surface area contributed by atoms with Gasteiger partial charge >= 0.3 is 0 Å². The van der Waals surface area contributed by atoms with E-state index in [0.29, 0.717) is 29.1 Å². The van der Waals surface area contributed by atoms with E-state index in [9.17, 15) is 0 Å². The number of benzene rings is 2. The molecule has 1 fully saturated rings. The summed E-state index contributed by atoms with van der Waals surface area (Å²) in [4.78, 5) is 10.2. The van der Waals surface area contributed by atoms with E-state index in [1.807, 2.05) is 18.2 Å². The Morgan fingerprint density at radius 2 is 1.97 bits per heavy atom. The molecular weight excluding hydrogens is 462 g/mol. The van der Waals surface area contributed by atoms with Gasteiger partial charge in [-0.25, -0.2) is 0 Å². The topological polar surface area (TPSA) is 101 Å². The lowest BCUT2D eigenvalue weighted by molar-refractivity contribution is 0.340. The van der Waals surface area contributed by atoms with Gasteiger partial charge in [-0.05, 0) is 73.9 Å². The molecule has 0 unspecified atom stereocenters. The Bertz CT molecular complexity index is 1230. The minimum absolute atomic E-state index is 0.449. The molecule has 0 bridgehead atoms. The van der Waals surface area contributed by atoms with Gasteiger partial charge in [-0.3, -0.25) is 5.41 Å². The molecular formula is C29H39N7O. The fourth-order valence-corrected chi connectivity index (χ4v) is 4.64. The van der Waals surface area contributed by atoms with Crippen LogP contribution in [0, 0.1) is 12.3 Å². The van der Waals surface area contributed by atoms with Crippen molar-refractivity contribution in [3.8, 4) is 5.75 Å². The van der Waals surface area contributed by atoms with Crippen molar-refractivity contribution in [2.45, 2.75) is 46.0 Å². The highest BCUT2D eigenvalue weighted by molar-refractivity contribution is 5.99. The maximum absolute atomic E-state index is 8.89. The van der Waals surface area contributed by atoms with E-state index in [0.717, 1.165) is 62.3 Å². The van der Waals surface area contributed by atoms with Gasteiger partial charge in [-0.15, -0.1) is 0 Å². The number of ether oxygens (including phenoxy) is 1. The molecule has 0 atom stereocenters. The van der Waals surface area contributed by atoms with Crippen LogP contribution in [0.15, 0.2) is 54.9 Å². The zero-order valence-electron chi connectivity index (χ0n) is 22.2. The fourth-order valence-electron chi connectivity index (χ4n) is 4.64. The van der Waals surface area contributed by atoms with Crippen LogP contribution in [0.25, 0.3) is 0 Å². The zero-order chi connectivity index (χ0) is 26.2. The number of anilines is 3. The van der Waals surface area contributed by atoms with Crippen molar-refractivity contribution in [3.63, 3.8) is 0 Å². The summed E-state index contributed by atoms with van der Waals surface area (Å²) < 4.78 is 5.44. The normalized spacial score (nSPS) is 13.2. The van der Waals surface area contributed by atoms with Crippen LogP contribution in [-0.4, -0.2) is 47.4 Å². The Morgan fingerprint density at radius 3 is 2.70 bits per heavy atom. The summed E-state index contributed by atoms with van der Waals surface area (Å²) in [5.41, 5.74) is 5.22. The van der Waals surface area contributed by atoms with Crippen LogP contribution in [-0.2, 0) is 12.8 Å². The number of imidazole rings is 1. The molecule has 2 aromatic carbocycles. The maximum Gasteiger partial charge on any atom is 0.207 e. The van der Waals surface area contributed by atoms with E-state index in [1.54, 1.807) is 7.11 Å². The van der Waals surface area contributed by atoms with E-state index in [-0.39, 0.29) is 0 Å². The molecule has 1 aliphatic rings. The summed E-state index contributed by atoms with van der Waals surface area (Å²) in [6, 6.07) is 14.5. The smallest absolute Gasteiger partial charge is 0.207 e. The Morgan fingerprint density at radius 1 is 1.16 bits per heavy atom. The van der Waals surface area contributed by atoms with E-state index in [1.165, 1.54) is 17.5 Å². The van der Waals surface area contributed by atoms with E-state index >= 15 is 0 Å². The first-order chi connectivity index (χ1) is 18.0. The van der Waals surface area contributed by atoms with Crippen LogP contribution in [0.2, 0.25) is 0 Å². The highest BCUT2D eigenvalue weighted by atomic mass is 16.5. The third kappa shape index (κ3) is 6.84. The molecule has 0 radical (unpaired) electrons. The summed E-state index contributed by atoms with van der Waals surface area (Å²) in [6.45, 7) is 10.8. The zero-order valence-corrected chi connectivity index (χ0v) is 22.2. The second-order valence-electron chi connectivity index (χ2n) is 9.48. The molecule has 37 heavy (non-hydrogen) atoms. The first kappa shape index (κ1) is 26.1. The molecule has 2 heterocycles. The third-order valence-corrected chi connectivity index (χ3v) is 6.64. The Hall–Kier alpha value is -3.94. The van der Waals surface area contributed by atoms with Gasteiger partial charge < -0.3 is 30.6 Å². The molecule has 0 saturated carbocycles. The number of aromatic amines is 1. The number of nitrogens with one attached hydrogen (secondary N) is 5. The molecule has 1 saturated heterocycles. The van der Waals surface area contributed by atoms with Crippen molar-refractivity contribution in [1.82, 2.24) is 20.2 Å². The number of amidine groups is 1. The summed E-state index contributed by atoms with van der Waals surface area (Å²) in [7, 11) is 1.71. The molecule has 0 aliphatic carbocycles. The number of methoxy groups -OCH3 is 1. The Kier molecular flexibility index (Phi) is 8.72. The van der Waals surface area contributed by atoms with Gasteiger partial charge in [0, 0.05) is 25.3 Å². The highest BCUT2D eigenvalue weighted by Gasteiger charge is 2.22. The predicted molar refractivity (Wildman–Crippen MR) is 152 cm³/mol. The van der Waals surface area contributed by atoms with Crippen LogP contribution >= 0.6 is 0 Å². The monoisotopic (exact) mass is 501 g/mol. The van der Waals surface area contributed by atoms with E-state index < -0.39 is 0 Å². The number of hydrogen-bond donors (Lipinski definition) is 5. The van der Waals surface area contributed by atoms with Gasteiger partial charge in [0.15, 0.2) is 5.82 Å². The molecule has 196 valence electrons. The molecule has 3 aromatic rings. The molecule has 4 rings (SSSR count). The molecule has 0 amide bonds. The van der Waals surface area contributed by atoms with Crippen molar-refractivity contribution >= 4 is 23.3 Å². The number of aromatic nitrogens is 2. The summed E-state index contributed by atoms with van der Waals surface area (Å²) in [5, 5.41) is 18.9. The van der Waals surface area contributed by atoms with Crippen molar-refractivity contribution < 1.29 is 4.74 Å². The Labute approximate surface area is 220 Å². The fraction of sp³-hybridized carbons (Fsp3) is 0.379. The van der Waals surface area contributed by atoms with Gasteiger partial charge in [0.2, 0.25) is 5.95 Å². The van der Waals surface area contributed by atoms with Crippen LogP contribution in [0.3, 0.4) is 0 Å². The summed E-state index contributed by atoms with van der Waals surface area (Å²) in [6.07, 6.45) is 5.21. The maximum atomic E-state index is 8.89. The van der Waals surface area contributed by atoms with Gasteiger partial charge in [0.25, 0.3) is 0 Å². The first-order valence-electron chi connectivity index (χ1n) is 13.1. The minimum Gasteiger partial charge on any atom is -0.496 e. The minimum atomic E-state index is 0.449. The molecule has 5 N–H and O–H groups in total. The van der Waals surface area contributed by atoms with E-state index in [4.69, 9.17) is 15.1 Å². The lowest BCUT2D eigenvalue weighted by Crippen LogP contribution is -2.36. The molecule has 1 aromatic heterocycles. The largest absolute Gasteiger partial charge is 0.496 e. The van der Waals surface area contributed by atoms with Crippen LogP contribution in [0.5, 0.6) is 5.75 Å². The third-order valence-electron chi connectivity index (χ3n) is 6.64. The van der Waals surface area contributed by atoms with Crippen LogP contribution in [0.4, 0.5) is 17.5 Å². The van der Waals surface area contributed by atoms with Crippen LogP contribution in [0.1, 0.15) is 48.6 Å². The lowest BCUT2D eigenvalue weighted by Gasteiger charge is -2.28. The number of nitrogens with zero attached hydrogens (tertiary/aromatic N) is 2. The van der Waals surface area contributed by atoms with Gasteiger partial charge in [0.1, 0.15) is 17.3 Å². The second kappa shape index (κ2) is 12.3. The first-order valence-corrected chi connectivity index (χ1v) is 13.1. The van der Waals surface area contributed by atoms with E-state index in [2.05, 4.69) is 70.5 Å². The SMILES string of the molecule is C=C(NCCc1ccc(OC)c(CC)c1)Nc1nc(Nc2cccc(C)c2)[nH]c1C(=N)N1CCCCC1. The molecule has 1 aliphatic heterocycles. The Balaban J connectivity index is 1.44. The molecule has 0 spiro atoms. The average molecular weight is 502 g/mol. The van der Waals surface area contributed by atoms with Gasteiger partial charge in [-0.1, -0.05) is 37.8 Å². The average Bonchev–Trinajstić information content (AvgIpc) is 3.30. The highest BCUT2D eigenvalue weighted by Crippen LogP contribution is 2.24. The number of piperidine rings is 1. The van der Waals surface area contributed by atoms with Gasteiger partial charge in [-0.2, -0.15) is 4.98 Å². The number of hydrogen-bond acceptors (Lipinski definition) is 6. The molecule has 8 nitrogen and oxygen atoms in total. The molecule has 8 heteroatoms. The van der Waals surface area contributed by atoms with Crippen molar-refractivity contribution in [1.29, 1.82) is 5.41 Å². The number of H-pyrrole nitrogens is 1. The summed E-state index contributed by atoms with van der Waals surface area (Å²) in [5.74, 6) is 3.20. The number of aryl methyl sites for hydroxylation is 2. The quantitative estimate of drug-likeness (QED) is 0.174. The van der Waals surface area contributed by atoms with Crippen molar-refractivity contribution in [3.05, 3.63) is 77.2 Å². The van der Waals surface area contributed by atoms with Crippen LogP contribution < -0.4 is 20.7 Å².